The average Bonchev–Trinajstić information content (AvgIpc) is 2.68. The van der Waals surface area contributed by atoms with Gasteiger partial charge in [0.15, 0.2) is 5.16 Å². The highest BCUT2D eigenvalue weighted by Gasteiger charge is 2.11. The SMILES string of the molecule is CCc1c(Cc2ccc(Br)cc2)nc(SCc2ccc(OC)cc2)[nH]c1=O. The number of benzene rings is 2. The van der Waals surface area contributed by atoms with Crippen molar-refractivity contribution in [3.05, 3.63) is 85.7 Å². The topological polar surface area (TPSA) is 55.0 Å². The molecule has 0 fully saturated rings. The fourth-order valence-corrected chi connectivity index (χ4v) is 3.87. The largest absolute Gasteiger partial charge is 0.497 e. The molecule has 0 saturated carbocycles. The van der Waals surface area contributed by atoms with E-state index in [-0.39, 0.29) is 5.56 Å². The highest BCUT2D eigenvalue weighted by molar-refractivity contribution is 9.10. The number of aromatic amines is 1. The number of rotatable bonds is 7. The van der Waals surface area contributed by atoms with E-state index >= 15 is 0 Å². The second kappa shape index (κ2) is 9.24. The van der Waals surface area contributed by atoms with Gasteiger partial charge in [-0.25, -0.2) is 4.98 Å². The van der Waals surface area contributed by atoms with Crippen LogP contribution < -0.4 is 10.3 Å². The standard InChI is InChI=1S/C21H21BrN2O2S/c1-3-18-19(12-14-4-8-16(22)9-5-14)23-21(24-20(18)25)27-13-15-6-10-17(26-2)11-7-15/h4-11H,3,12-13H2,1-2H3,(H,23,24,25). The number of hydrogen-bond acceptors (Lipinski definition) is 4. The van der Waals surface area contributed by atoms with Crippen molar-refractivity contribution in [3.63, 3.8) is 0 Å². The zero-order valence-electron chi connectivity index (χ0n) is 15.3. The maximum Gasteiger partial charge on any atom is 0.254 e. The Morgan fingerprint density at radius 1 is 1.07 bits per heavy atom. The molecule has 0 spiro atoms. The van der Waals surface area contributed by atoms with Crippen molar-refractivity contribution in [1.29, 1.82) is 0 Å². The molecule has 0 bridgehead atoms. The number of thioether (sulfide) groups is 1. The van der Waals surface area contributed by atoms with E-state index in [1.165, 1.54) is 11.8 Å². The van der Waals surface area contributed by atoms with Gasteiger partial charge in [-0.1, -0.05) is 58.9 Å². The summed E-state index contributed by atoms with van der Waals surface area (Å²) in [7, 11) is 1.65. The number of aromatic nitrogens is 2. The summed E-state index contributed by atoms with van der Waals surface area (Å²) >= 11 is 4.98. The molecule has 0 amide bonds. The number of nitrogens with one attached hydrogen (secondary N) is 1. The fourth-order valence-electron chi connectivity index (χ4n) is 2.77. The first kappa shape index (κ1) is 19.7. The molecule has 6 heteroatoms. The Hall–Kier alpha value is -2.05. The van der Waals surface area contributed by atoms with Gasteiger partial charge in [-0.2, -0.15) is 0 Å². The normalized spacial score (nSPS) is 10.8. The van der Waals surface area contributed by atoms with E-state index in [2.05, 4.69) is 33.0 Å². The molecule has 0 atom stereocenters. The van der Waals surface area contributed by atoms with Gasteiger partial charge in [-0.15, -0.1) is 0 Å². The third-order valence-corrected chi connectivity index (χ3v) is 5.73. The fraction of sp³-hybridized carbons (Fsp3) is 0.238. The van der Waals surface area contributed by atoms with Crippen LogP contribution in [0.2, 0.25) is 0 Å². The third kappa shape index (κ3) is 5.23. The second-order valence-corrected chi connectivity index (χ2v) is 7.97. The summed E-state index contributed by atoms with van der Waals surface area (Å²) in [5, 5.41) is 0.653. The first-order valence-corrected chi connectivity index (χ1v) is 10.5. The minimum atomic E-state index is -0.0446. The molecule has 1 N–H and O–H groups in total. The van der Waals surface area contributed by atoms with E-state index in [1.54, 1.807) is 7.11 Å². The predicted molar refractivity (Wildman–Crippen MR) is 114 cm³/mol. The number of nitrogens with zero attached hydrogens (tertiary/aromatic N) is 1. The van der Waals surface area contributed by atoms with Gasteiger partial charge in [0.1, 0.15) is 5.75 Å². The average molecular weight is 445 g/mol. The van der Waals surface area contributed by atoms with E-state index in [1.807, 2.05) is 43.3 Å². The van der Waals surface area contributed by atoms with E-state index in [0.717, 1.165) is 38.4 Å². The smallest absolute Gasteiger partial charge is 0.254 e. The summed E-state index contributed by atoms with van der Waals surface area (Å²) in [5.74, 6) is 1.57. The molecule has 4 nitrogen and oxygen atoms in total. The molecule has 0 radical (unpaired) electrons. The molecule has 0 saturated heterocycles. The molecule has 1 heterocycles. The summed E-state index contributed by atoms with van der Waals surface area (Å²) in [6.07, 6.45) is 1.31. The number of halogens is 1. The van der Waals surface area contributed by atoms with Crippen LogP contribution in [0.4, 0.5) is 0 Å². The van der Waals surface area contributed by atoms with Crippen LogP contribution in [0.3, 0.4) is 0 Å². The molecule has 1 aromatic heterocycles. The predicted octanol–water partition coefficient (Wildman–Crippen LogP) is 4.99. The van der Waals surface area contributed by atoms with Gasteiger partial charge in [0.25, 0.3) is 5.56 Å². The summed E-state index contributed by atoms with van der Waals surface area (Å²) in [6.45, 7) is 1.99. The number of ether oxygens (including phenoxy) is 1. The third-order valence-electron chi connectivity index (χ3n) is 4.25. The number of hydrogen-bond donors (Lipinski definition) is 1. The lowest BCUT2D eigenvalue weighted by Gasteiger charge is -2.10. The van der Waals surface area contributed by atoms with E-state index in [4.69, 9.17) is 9.72 Å². The van der Waals surface area contributed by atoms with Gasteiger partial charge in [0.05, 0.1) is 12.8 Å². The van der Waals surface area contributed by atoms with Crippen LogP contribution in [0.25, 0.3) is 0 Å². The van der Waals surface area contributed by atoms with Gasteiger partial charge in [-0.05, 0) is 41.8 Å². The van der Waals surface area contributed by atoms with Crippen LogP contribution >= 0.6 is 27.7 Å². The van der Waals surface area contributed by atoms with Crippen LogP contribution in [-0.4, -0.2) is 17.1 Å². The van der Waals surface area contributed by atoms with E-state index in [9.17, 15) is 4.79 Å². The van der Waals surface area contributed by atoms with Gasteiger partial charge >= 0.3 is 0 Å². The Balaban J connectivity index is 1.80. The Labute approximate surface area is 171 Å². The van der Waals surface area contributed by atoms with Crippen molar-refractivity contribution in [3.8, 4) is 5.75 Å². The number of H-pyrrole nitrogens is 1. The zero-order valence-corrected chi connectivity index (χ0v) is 17.7. The lowest BCUT2D eigenvalue weighted by molar-refractivity contribution is 0.414. The van der Waals surface area contributed by atoms with Gasteiger partial charge in [0.2, 0.25) is 0 Å². The molecule has 0 unspecified atom stereocenters. The lowest BCUT2D eigenvalue weighted by atomic mass is 10.0. The molecule has 0 aliphatic heterocycles. The van der Waals surface area contributed by atoms with Crippen molar-refractivity contribution >= 4 is 27.7 Å². The molecule has 3 rings (SSSR count). The van der Waals surface area contributed by atoms with Gasteiger partial charge in [-0.3, -0.25) is 4.79 Å². The van der Waals surface area contributed by atoms with Crippen molar-refractivity contribution in [1.82, 2.24) is 9.97 Å². The summed E-state index contributed by atoms with van der Waals surface area (Å²) in [4.78, 5) is 20.2. The Bertz CT molecular complexity index is 953. The zero-order chi connectivity index (χ0) is 19.2. The quantitative estimate of drug-likeness (QED) is 0.412. The van der Waals surface area contributed by atoms with Crippen LogP contribution in [0.5, 0.6) is 5.75 Å². The number of methoxy groups -OCH3 is 1. The molecular formula is C21H21BrN2O2S. The minimum absolute atomic E-state index is 0.0446. The first-order chi connectivity index (χ1) is 13.1. The molecule has 0 aliphatic rings. The highest BCUT2D eigenvalue weighted by atomic mass is 79.9. The van der Waals surface area contributed by atoms with Crippen LogP contribution in [0.15, 0.2) is 63.0 Å². The summed E-state index contributed by atoms with van der Waals surface area (Å²) < 4.78 is 6.22. The second-order valence-electron chi connectivity index (χ2n) is 6.09. The molecule has 3 aromatic rings. The molecule has 2 aromatic carbocycles. The maximum absolute atomic E-state index is 12.5. The van der Waals surface area contributed by atoms with Crippen molar-refractivity contribution in [2.24, 2.45) is 0 Å². The van der Waals surface area contributed by atoms with E-state index < -0.39 is 0 Å². The van der Waals surface area contributed by atoms with Crippen molar-refractivity contribution in [2.45, 2.75) is 30.7 Å². The molecule has 0 aliphatic carbocycles. The Morgan fingerprint density at radius 3 is 2.37 bits per heavy atom. The van der Waals surface area contributed by atoms with Crippen LogP contribution in [0, 0.1) is 0 Å². The van der Waals surface area contributed by atoms with Crippen LogP contribution in [-0.2, 0) is 18.6 Å². The van der Waals surface area contributed by atoms with E-state index in [0.29, 0.717) is 18.0 Å². The monoisotopic (exact) mass is 444 g/mol. The first-order valence-electron chi connectivity index (χ1n) is 8.71. The van der Waals surface area contributed by atoms with Crippen molar-refractivity contribution < 1.29 is 4.74 Å². The van der Waals surface area contributed by atoms with Crippen molar-refractivity contribution in [2.75, 3.05) is 7.11 Å². The summed E-state index contributed by atoms with van der Waals surface area (Å²) in [5.41, 5.74) is 3.85. The molecule has 140 valence electrons. The summed E-state index contributed by atoms with van der Waals surface area (Å²) in [6, 6.07) is 16.0. The Kier molecular flexibility index (Phi) is 6.74. The maximum atomic E-state index is 12.5. The van der Waals surface area contributed by atoms with Gasteiger partial charge in [0, 0.05) is 22.2 Å². The minimum Gasteiger partial charge on any atom is -0.497 e. The highest BCUT2D eigenvalue weighted by Crippen LogP contribution is 2.22. The Morgan fingerprint density at radius 2 is 1.74 bits per heavy atom. The van der Waals surface area contributed by atoms with Gasteiger partial charge < -0.3 is 9.72 Å². The molecule has 27 heavy (non-hydrogen) atoms. The lowest BCUT2D eigenvalue weighted by Crippen LogP contribution is -2.18. The van der Waals surface area contributed by atoms with Crippen LogP contribution in [0.1, 0.15) is 29.3 Å². The molecular weight excluding hydrogens is 424 g/mol.